The van der Waals surface area contributed by atoms with Gasteiger partial charge in [0.05, 0.1) is 6.61 Å². The van der Waals surface area contributed by atoms with Gasteiger partial charge in [-0.05, 0) is 43.7 Å². The fraction of sp³-hybridized carbons (Fsp3) is 0.400. The summed E-state index contributed by atoms with van der Waals surface area (Å²) in [5.41, 5.74) is 1.88. The summed E-state index contributed by atoms with van der Waals surface area (Å²) in [5, 5.41) is 4.96. The summed E-state index contributed by atoms with van der Waals surface area (Å²) in [6, 6.07) is 15.7. The Morgan fingerprint density at radius 3 is 2.00 bits per heavy atom. The van der Waals surface area contributed by atoms with Crippen molar-refractivity contribution in [3.8, 4) is 0 Å². The summed E-state index contributed by atoms with van der Waals surface area (Å²) in [5.74, 6) is -0.918. The van der Waals surface area contributed by atoms with Gasteiger partial charge in [0.2, 0.25) is 5.79 Å². The number of piperidine rings is 1. The SMILES string of the molecule is Clc1ccc(C2(c3ccc(Cl)cc3)OCC(C3CCCCN3)O2)cc1. The van der Waals surface area contributed by atoms with Gasteiger partial charge >= 0.3 is 0 Å². The molecule has 1 N–H and O–H groups in total. The van der Waals surface area contributed by atoms with E-state index in [4.69, 9.17) is 32.7 Å². The van der Waals surface area contributed by atoms with Crippen molar-refractivity contribution >= 4 is 23.2 Å². The Hall–Kier alpha value is -1.10. The van der Waals surface area contributed by atoms with Crippen molar-refractivity contribution in [2.24, 2.45) is 0 Å². The first-order chi connectivity index (χ1) is 12.2. The molecular formula is C20H21Cl2NO2. The van der Waals surface area contributed by atoms with Crippen LogP contribution in [0.3, 0.4) is 0 Å². The molecule has 2 fully saturated rings. The second-order valence-corrected chi connectivity index (χ2v) is 7.53. The Morgan fingerprint density at radius 2 is 1.48 bits per heavy atom. The molecular weight excluding hydrogens is 357 g/mol. The molecule has 0 radical (unpaired) electrons. The number of benzene rings is 2. The van der Waals surface area contributed by atoms with E-state index < -0.39 is 5.79 Å². The summed E-state index contributed by atoms with van der Waals surface area (Å²) in [4.78, 5) is 0. The molecule has 4 rings (SSSR count). The van der Waals surface area contributed by atoms with Gasteiger partial charge in [0.15, 0.2) is 0 Å². The minimum absolute atomic E-state index is 0.0201. The summed E-state index contributed by atoms with van der Waals surface area (Å²) < 4.78 is 12.9. The largest absolute Gasteiger partial charge is 0.339 e. The van der Waals surface area contributed by atoms with Crippen LogP contribution in [-0.2, 0) is 15.3 Å². The molecule has 2 aliphatic heterocycles. The lowest BCUT2D eigenvalue weighted by Gasteiger charge is -2.32. The maximum absolute atomic E-state index is 6.57. The van der Waals surface area contributed by atoms with Crippen LogP contribution < -0.4 is 5.32 Å². The van der Waals surface area contributed by atoms with Crippen molar-refractivity contribution in [1.82, 2.24) is 5.32 Å². The first-order valence-corrected chi connectivity index (χ1v) is 9.50. The first-order valence-electron chi connectivity index (χ1n) is 8.75. The Morgan fingerprint density at radius 1 is 0.880 bits per heavy atom. The predicted octanol–water partition coefficient (Wildman–Crippen LogP) is 4.75. The molecule has 3 nitrogen and oxygen atoms in total. The Kier molecular flexibility index (Phi) is 5.03. The maximum Gasteiger partial charge on any atom is 0.222 e. The van der Waals surface area contributed by atoms with Gasteiger partial charge in [-0.3, -0.25) is 0 Å². The lowest BCUT2D eigenvalue weighted by atomic mass is 9.97. The van der Waals surface area contributed by atoms with E-state index in [1.165, 1.54) is 12.8 Å². The van der Waals surface area contributed by atoms with E-state index in [0.717, 1.165) is 24.1 Å². The third-order valence-corrected chi connectivity index (χ3v) is 5.52. The van der Waals surface area contributed by atoms with E-state index in [0.29, 0.717) is 22.7 Å². The van der Waals surface area contributed by atoms with Crippen molar-refractivity contribution in [1.29, 1.82) is 0 Å². The quantitative estimate of drug-likeness (QED) is 0.836. The van der Waals surface area contributed by atoms with Gasteiger partial charge in [0.25, 0.3) is 0 Å². The van der Waals surface area contributed by atoms with Crippen LogP contribution in [0.4, 0.5) is 0 Å². The molecule has 0 spiro atoms. The van der Waals surface area contributed by atoms with Gasteiger partial charge in [-0.1, -0.05) is 53.9 Å². The van der Waals surface area contributed by atoms with E-state index >= 15 is 0 Å². The summed E-state index contributed by atoms with van der Waals surface area (Å²) in [6.07, 6.45) is 3.59. The molecule has 2 saturated heterocycles. The van der Waals surface area contributed by atoms with Crippen molar-refractivity contribution in [3.63, 3.8) is 0 Å². The Bertz CT molecular complexity index is 666. The molecule has 2 unspecified atom stereocenters. The van der Waals surface area contributed by atoms with Crippen LogP contribution in [0.2, 0.25) is 10.0 Å². The zero-order chi connectivity index (χ0) is 17.3. The normalized spacial score (nSPS) is 25.8. The third-order valence-electron chi connectivity index (χ3n) is 5.01. The molecule has 132 valence electrons. The lowest BCUT2D eigenvalue weighted by molar-refractivity contribution is -0.146. The molecule has 2 aromatic rings. The van der Waals surface area contributed by atoms with E-state index in [1.807, 2.05) is 48.5 Å². The molecule has 2 aromatic carbocycles. The van der Waals surface area contributed by atoms with Crippen LogP contribution in [0.5, 0.6) is 0 Å². The smallest absolute Gasteiger partial charge is 0.222 e. The minimum Gasteiger partial charge on any atom is -0.339 e. The molecule has 0 aromatic heterocycles. The number of rotatable bonds is 3. The highest BCUT2D eigenvalue weighted by Crippen LogP contribution is 2.42. The topological polar surface area (TPSA) is 30.5 Å². The van der Waals surface area contributed by atoms with Crippen molar-refractivity contribution in [2.75, 3.05) is 13.2 Å². The fourth-order valence-corrected chi connectivity index (χ4v) is 3.94. The van der Waals surface area contributed by atoms with Crippen LogP contribution in [0.25, 0.3) is 0 Å². The average molecular weight is 378 g/mol. The van der Waals surface area contributed by atoms with Crippen LogP contribution in [0, 0.1) is 0 Å². The number of hydrogen-bond donors (Lipinski definition) is 1. The monoisotopic (exact) mass is 377 g/mol. The van der Waals surface area contributed by atoms with Gasteiger partial charge in [-0.15, -0.1) is 0 Å². The minimum atomic E-state index is -0.918. The molecule has 25 heavy (non-hydrogen) atoms. The van der Waals surface area contributed by atoms with Crippen molar-refractivity contribution in [2.45, 2.75) is 37.2 Å². The second-order valence-electron chi connectivity index (χ2n) is 6.65. The van der Waals surface area contributed by atoms with E-state index in [1.54, 1.807) is 0 Å². The fourth-order valence-electron chi connectivity index (χ4n) is 3.68. The van der Waals surface area contributed by atoms with E-state index in [9.17, 15) is 0 Å². The lowest BCUT2D eigenvalue weighted by Crippen LogP contribution is -2.45. The van der Waals surface area contributed by atoms with Gasteiger partial charge in [0.1, 0.15) is 6.10 Å². The second kappa shape index (κ2) is 7.26. The maximum atomic E-state index is 6.57. The van der Waals surface area contributed by atoms with Crippen LogP contribution in [0.15, 0.2) is 48.5 Å². The highest BCUT2D eigenvalue weighted by molar-refractivity contribution is 6.30. The summed E-state index contributed by atoms with van der Waals surface area (Å²) >= 11 is 12.1. The summed E-state index contributed by atoms with van der Waals surface area (Å²) in [6.45, 7) is 1.60. The summed E-state index contributed by atoms with van der Waals surface area (Å²) in [7, 11) is 0. The van der Waals surface area contributed by atoms with Crippen LogP contribution >= 0.6 is 23.2 Å². The van der Waals surface area contributed by atoms with Crippen LogP contribution in [0.1, 0.15) is 30.4 Å². The zero-order valence-corrected chi connectivity index (χ0v) is 15.4. The molecule has 2 atom stereocenters. The number of ether oxygens (including phenoxy) is 2. The Balaban J connectivity index is 1.69. The van der Waals surface area contributed by atoms with Crippen molar-refractivity contribution in [3.05, 3.63) is 69.7 Å². The van der Waals surface area contributed by atoms with Crippen LogP contribution in [-0.4, -0.2) is 25.3 Å². The predicted molar refractivity (Wildman–Crippen MR) is 100 cm³/mol. The van der Waals surface area contributed by atoms with Gasteiger partial charge < -0.3 is 14.8 Å². The first kappa shape index (κ1) is 17.3. The molecule has 2 aliphatic rings. The van der Waals surface area contributed by atoms with E-state index in [-0.39, 0.29) is 6.10 Å². The van der Waals surface area contributed by atoms with Gasteiger partial charge in [-0.25, -0.2) is 0 Å². The third kappa shape index (κ3) is 3.44. The van der Waals surface area contributed by atoms with Crippen molar-refractivity contribution < 1.29 is 9.47 Å². The molecule has 0 bridgehead atoms. The molecule has 0 saturated carbocycles. The van der Waals surface area contributed by atoms with E-state index in [2.05, 4.69) is 5.32 Å². The number of nitrogens with one attached hydrogen (secondary N) is 1. The highest BCUT2D eigenvalue weighted by atomic mass is 35.5. The molecule has 0 aliphatic carbocycles. The zero-order valence-electron chi connectivity index (χ0n) is 13.9. The number of hydrogen-bond acceptors (Lipinski definition) is 3. The van der Waals surface area contributed by atoms with Gasteiger partial charge in [0, 0.05) is 27.2 Å². The standard InChI is InChI=1S/C20H21Cl2NO2/c21-16-8-4-14(5-9-16)20(15-6-10-17(22)11-7-15)24-13-19(25-20)18-3-1-2-12-23-18/h4-11,18-19,23H,1-3,12-13H2. The molecule has 5 heteroatoms. The van der Waals surface area contributed by atoms with Gasteiger partial charge in [-0.2, -0.15) is 0 Å². The number of halogens is 2. The molecule has 2 heterocycles. The average Bonchev–Trinajstić information content (AvgIpc) is 3.10. The Labute approximate surface area is 158 Å². The molecule has 0 amide bonds. The highest BCUT2D eigenvalue weighted by Gasteiger charge is 2.47.